The van der Waals surface area contributed by atoms with Crippen molar-refractivity contribution in [2.24, 2.45) is 5.90 Å². The van der Waals surface area contributed by atoms with Gasteiger partial charge in [-0.05, 0) is 0 Å². The summed E-state index contributed by atoms with van der Waals surface area (Å²) in [6.45, 7) is -0.503. The minimum absolute atomic E-state index is 0. The third-order valence-electron chi connectivity index (χ3n) is 0.195. The van der Waals surface area contributed by atoms with Gasteiger partial charge in [-0.2, -0.15) is 0 Å². The van der Waals surface area contributed by atoms with E-state index in [1.54, 1.807) is 0 Å². The molecule has 0 aliphatic heterocycles. The van der Waals surface area contributed by atoms with Gasteiger partial charge in [-0.15, -0.1) is 0 Å². The molecule has 0 atom stereocenters. The molecule has 0 aromatic carbocycles. The molecule has 0 aromatic rings. The molecule has 0 saturated carbocycles. The summed E-state index contributed by atoms with van der Waals surface area (Å²) < 4.78 is 10.8. The Morgan fingerprint density at radius 3 is 2.40 bits per heavy atom. The summed E-state index contributed by atoms with van der Waals surface area (Å²) in [5, 5.41) is 0. The van der Waals surface area contributed by atoms with Gasteiger partial charge >= 0.3 is 0 Å². The van der Waals surface area contributed by atoms with E-state index in [0.29, 0.717) is 0 Å². The van der Waals surface area contributed by atoms with Gasteiger partial charge in [-0.1, -0.05) is 0 Å². The van der Waals surface area contributed by atoms with Gasteiger partial charge in [0.25, 0.3) is 0 Å². The Bertz CT molecular complexity index is 17.1. The van der Waals surface area contributed by atoms with E-state index in [-0.39, 0.29) is 6.61 Å². The van der Waals surface area contributed by atoms with Crippen LogP contribution in [0.25, 0.3) is 0 Å². The Morgan fingerprint density at radius 2 is 2.40 bits per heavy atom. The fourth-order valence-corrected chi connectivity index (χ4v) is 0.0445. The van der Waals surface area contributed by atoms with Crippen molar-refractivity contribution in [3.05, 3.63) is 0 Å². The minimum atomic E-state index is -0.503. The Hall–Kier alpha value is -0.150. The van der Waals surface area contributed by atoms with Crippen molar-refractivity contribution in [1.82, 2.24) is 0 Å². The second-order valence-electron chi connectivity index (χ2n) is 0.560. The molecule has 0 aromatic heterocycles. The van der Waals surface area contributed by atoms with E-state index >= 15 is 0 Å². The maximum atomic E-state index is 10.8. The largest absolute Gasteiger partial charge is 0.302 e. The van der Waals surface area contributed by atoms with Crippen LogP contribution < -0.4 is 5.90 Å². The summed E-state index contributed by atoms with van der Waals surface area (Å²) in [6.07, 6.45) is 0. The van der Waals surface area contributed by atoms with E-state index in [4.69, 9.17) is 0 Å². The van der Waals surface area contributed by atoms with Gasteiger partial charge in [-0.3, -0.25) is 0 Å². The number of hydrogen-bond acceptors (Lipinski definition) is 2. The zero-order chi connectivity index (χ0) is 4.12. The van der Waals surface area contributed by atoms with Crippen LogP contribution in [-0.2, 0) is 4.84 Å². The van der Waals surface area contributed by atoms with Gasteiger partial charge in [0.2, 0.25) is 0 Å². The molecule has 0 aliphatic carbocycles. The van der Waals surface area contributed by atoms with E-state index in [2.05, 4.69) is 10.7 Å². The summed E-state index contributed by atoms with van der Waals surface area (Å²) in [7, 11) is 0. The number of alkyl halides is 1. The Balaban J connectivity index is 2.19. The zero-order valence-corrected chi connectivity index (χ0v) is 2.78. The van der Waals surface area contributed by atoms with Gasteiger partial charge in [0.15, 0.2) is 0 Å². The van der Waals surface area contributed by atoms with Crippen LogP contribution in [0.15, 0.2) is 0 Å². The fraction of sp³-hybridized carbons (Fsp3) is 1.00. The van der Waals surface area contributed by atoms with Crippen molar-refractivity contribution in [3.8, 4) is 0 Å². The molecule has 0 heterocycles. The van der Waals surface area contributed by atoms with Gasteiger partial charge < -0.3 is 4.84 Å². The molecule has 32 valence electrons. The molecule has 0 amide bonds. The van der Waals surface area contributed by atoms with E-state index in [1.807, 2.05) is 0 Å². The topological polar surface area (TPSA) is 35.2 Å². The molecule has 2 N–H and O–H groups in total. The molecule has 0 fully saturated rings. The lowest BCUT2D eigenvalue weighted by atomic mass is 10.8. The van der Waals surface area contributed by atoms with Gasteiger partial charge in [0, 0.05) is 0 Å². The molecule has 2 nitrogen and oxygen atoms in total. The first-order valence-corrected chi connectivity index (χ1v) is 1.29. The second kappa shape index (κ2) is 3.85. The van der Waals surface area contributed by atoms with Crippen LogP contribution in [0.2, 0.25) is 0 Å². The van der Waals surface area contributed by atoms with Crippen LogP contribution >= 0.6 is 0 Å². The average molecular weight is 79.1 g/mol. The Morgan fingerprint density at radius 1 is 1.80 bits per heavy atom. The first kappa shape index (κ1) is 4.85. The van der Waals surface area contributed by atoms with Gasteiger partial charge in [-0.25, -0.2) is 10.3 Å². The van der Waals surface area contributed by atoms with E-state index in [9.17, 15) is 4.39 Å². The number of rotatable bonds is 2. The first-order chi connectivity index (χ1) is 2.41. The minimum Gasteiger partial charge on any atom is -0.302 e. The lowest BCUT2D eigenvalue weighted by molar-refractivity contribution is 0.122. The molecule has 0 bridgehead atoms. The van der Waals surface area contributed by atoms with Crippen molar-refractivity contribution in [2.45, 2.75) is 0 Å². The van der Waals surface area contributed by atoms with Crippen molar-refractivity contribution < 1.29 is 9.23 Å². The highest BCUT2D eigenvalue weighted by Gasteiger charge is 1.70. The molecular weight excluding hydrogens is 73.0 g/mol. The molecule has 0 saturated heterocycles. The first-order valence-electron chi connectivity index (χ1n) is 1.29. The molecular formula is C2H6FNO. The number of halogens is 1. The summed E-state index contributed by atoms with van der Waals surface area (Å²) in [5.41, 5.74) is 0. The maximum absolute atomic E-state index is 10.8. The predicted octanol–water partition coefficient (Wildman–Crippen LogP) is -0.154. The highest BCUT2D eigenvalue weighted by Crippen LogP contribution is 1.61. The summed E-state index contributed by atoms with van der Waals surface area (Å²) in [5.74, 6) is 4.40. The Labute approximate surface area is 29.7 Å². The third-order valence-corrected chi connectivity index (χ3v) is 0.195. The second-order valence-corrected chi connectivity index (χ2v) is 0.560. The third kappa shape index (κ3) is 3.85. The molecule has 0 radical (unpaired) electrons. The SMILES string of the molecule is NOCCF. The predicted molar refractivity (Wildman–Crippen MR) is 16.1 cm³/mol. The maximum Gasteiger partial charge on any atom is 0.115 e. The van der Waals surface area contributed by atoms with Crippen LogP contribution in [0, 0.1) is 0 Å². The zero-order valence-electron chi connectivity index (χ0n) is 2.78. The van der Waals surface area contributed by atoms with Crippen LogP contribution in [-0.4, -0.2) is 13.3 Å². The van der Waals surface area contributed by atoms with Gasteiger partial charge in [0.1, 0.15) is 6.67 Å². The normalized spacial score (nSPS) is 8.40. The van der Waals surface area contributed by atoms with Crippen molar-refractivity contribution in [3.63, 3.8) is 0 Å². The smallest absolute Gasteiger partial charge is 0.115 e. The van der Waals surface area contributed by atoms with E-state index in [1.165, 1.54) is 0 Å². The Kier molecular flexibility index (Phi) is 3.73. The van der Waals surface area contributed by atoms with Crippen molar-refractivity contribution >= 4 is 0 Å². The summed E-state index contributed by atoms with van der Waals surface area (Å²) in [4.78, 5) is 3.82. The van der Waals surface area contributed by atoms with Crippen LogP contribution in [0.3, 0.4) is 0 Å². The van der Waals surface area contributed by atoms with E-state index < -0.39 is 6.67 Å². The summed E-state index contributed by atoms with van der Waals surface area (Å²) in [6, 6.07) is 0. The molecule has 0 unspecified atom stereocenters. The van der Waals surface area contributed by atoms with Crippen LogP contribution in [0.4, 0.5) is 4.39 Å². The standard InChI is InChI=1S/C2H6FNO/c3-1-2-5-4/h1-2,4H2. The van der Waals surface area contributed by atoms with E-state index in [0.717, 1.165) is 0 Å². The van der Waals surface area contributed by atoms with Crippen LogP contribution in [0.1, 0.15) is 0 Å². The monoisotopic (exact) mass is 79.0 g/mol. The fourth-order valence-electron chi connectivity index (χ4n) is 0.0445. The summed E-state index contributed by atoms with van der Waals surface area (Å²) >= 11 is 0. The van der Waals surface area contributed by atoms with Gasteiger partial charge in [0.05, 0.1) is 6.61 Å². The average Bonchev–Trinajstić information content (AvgIpc) is 1.41. The molecule has 3 heteroatoms. The number of hydrogen-bond donors (Lipinski definition) is 1. The van der Waals surface area contributed by atoms with Crippen molar-refractivity contribution in [1.29, 1.82) is 0 Å². The van der Waals surface area contributed by atoms with Crippen molar-refractivity contribution in [2.75, 3.05) is 13.3 Å². The molecule has 5 heavy (non-hydrogen) atoms. The molecule has 0 aliphatic rings. The highest BCUT2D eigenvalue weighted by atomic mass is 19.1. The lowest BCUT2D eigenvalue weighted by Gasteiger charge is -1.81. The lowest BCUT2D eigenvalue weighted by Crippen LogP contribution is -2.00. The van der Waals surface area contributed by atoms with Crippen LogP contribution in [0.5, 0.6) is 0 Å². The molecule has 0 spiro atoms. The highest BCUT2D eigenvalue weighted by molar-refractivity contribution is 4.12. The molecule has 0 rings (SSSR count). The number of nitrogens with two attached hydrogens (primary N) is 1. The quantitative estimate of drug-likeness (QED) is 0.467.